The van der Waals surface area contributed by atoms with Gasteiger partial charge < -0.3 is 15.7 Å². The fourth-order valence-corrected chi connectivity index (χ4v) is 4.90. The van der Waals surface area contributed by atoms with Gasteiger partial charge in [0.1, 0.15) is 5.75 Å². The summed E-state index contributed by atoms with van der Waals surface area (Å²) in [7, 11) is 0. The molecular formula is C22H22BrClN2O2. The van der Waals surface area contributed by atoms with Gasteiger partial charge in [0.2, 0.25) is 5.91 Å². The van der Waals surface area contributed by atoms with E-state index in [-0.39, 0.29) is 29.5 Å². The molecule has 0 radical (unpaired) electrons. The van der Waals surface area contributed by atoms with Crippen molar-refractivity contribution < 1.29 is 9.90 Å². The molecule has 1 heterocycles. The molecule has 1 aliphatic carbocycles. The minimum Gasteiger partial charge on any atom is -0.508 e. The maximum Gasteiger partial charge on any atom is 0.224 e. The van der Waals surface area contributed by atoms with Crippen LogP contribution in [0.15, 0.2) is 47.0 Å². The highest BCUT2D eigenvalue weighted by atomic mass is 79.9. The van der Waals surface area contributed by atoms with Crippen molar-refractivity contribution in [1.29, 1.82) is 0 Å². The van der Waals surface area contributed by atoms with Gasteiger partial charge in [0.05, 0.1) is 16.8 Å². The zero-order valence-corrected chi connectivity index (χ0v) is 17.8. The van der Waals surface area contributed by atoms with Gasteiger partial charge in [-0.05, 0) is 49.1 Å². The Bertz CT molecular complexity index is 960. The predicted molar refractivity (Wildman–Crippen MR) is 117 cm³/mol. The minimum atomic E-state index is -0.0795. The number of nitrogens with one attached hydrogen (secondary N) is 2. The first-order valence-corrected chi connectivity index (χ1v) is 10.7. The highest BCUT2D eigenvalue weighted by Crippen LogP contribution is 2.54. The van der Waals surface area contributed by atoms with Crippen molar-refractivity contribution in [2.24, 2.45) is 5.92 Å². The number of amides is 1. The van der Waals surface area contributed by atoms with E-state index in [9.17, 15) is 9.90 Å². The average Bonchev–Trinajstić information content (AvgIpc) is 3.15. The van der Waals surface area contributed by atoms with E-state index in [0.717, 1.165) is 39.8 Å². The highest BCUT2D eigenvalue weighted by molar-refractivity contribution is 9.10. The lowest BCUT2D eigenvalue weighted by Gasteiger charge is -2.39. The van der Waals surface area contributed by atoms with Crippen molar-refractivity contribution in [2.75, 3.05) is 10.6 Å². The monoisotopic (exact) mass is 460 g/mol. The number of hydrogen-bond acceptors (Lipinski definition) is 3. The molecule has 4 nitrogen and oxygen atoms in total. The van der Waals surface area contributed by atoms with E-state index in [1.165, 1.54) is 0 Å². The van der Waals surface area contributed by atoms with E-state index >= 15 is 0 Å². The Kier molecular flexibility index (Phi) is 5.39. The maximum atomic E-state index is 12.2. The summed E-state index contributed by atoms with van der Waals surface area (Å²) in [5.41, 5.74) is 3.51. The Morgan fingerprint density at radius 3 is 2.96 bits per heavy atom. The van der Waals surface area contributed by atoms with E-state index in [1.54, 1.807) is 6.07 Å². The fraction of sp³-hybridized carbons (Fsp3) is 0.318. The van der Waals surface area contributed by atoms with Gasteiger partial charge in [-0.25, -0.2) is 0 Å². The number of carbonyl (C=O) groups is 1. The summed E-state index contributed by atoms with van der Waals surface area (Å²) in [6.07, 6.45) is 6.55. The van der Waals surface area contributed by atoms with Gasteiger partial charge in [0.15, 0.2) is 0 Å². The number of rotatable bonds is 4. The van der Waals surface area contributed by atoms with Crippen LogP contribution in [0.2, 0.25) is 5.02 Å². The third kappa shape index (κ3) is 3.42. The van der Waals surface area contributed by atoms with Crippen molar-refractivity contribution >= 4 is 44.8 Å². The molecule has 0 saturated heterocycles. The summed E-state index contributed by atoms with van der Waals surface area (Å²) in [5.74, 6) is 0.624. The molecule has 146 valence electrons. The van der Waals surface area contributed by atoms with Gasteiger partial charge in [0, 0.05) is 33.6 Å². The molecule has 3 atom stereocenters. The number of carbonyl (C=O) groups excluding carboxylic acids is 1. The molecule has 2 aromatic rings. The molecule has 6 heteroatoms. The normalized spacial score (nSPS) is 22.3. The summed E-state index contributed by atoms with van der Waals surface area (Å²) < 4.78 is 0.919. The van der Waals surface area contributed by atoms with Crippen LogP contribution in [0.3, 0.4) is 0 Å². The third-order valence-electron chi connectivity index (χ3n) is 5.54. The van der Waals surface area contributed by atoms with E-state index < -0.39 is 0 Å². The number of phenolic OH excluding ortho intramolecular Hbond substituents is 1. The van der Waals surface area contributed by atoms with Crippen molar-refractivity contribution in [2.45, 2.75) is 38.1 Å². The zero-order valence-electron chi connectivity index (χ0n) is 15.5. The van der Waals surface area contributed by atoms with Gasteiger partial charge in [-0.2, -0.15) is 0 Å². The molecular weight excluding hydrogens is 440 g/mol. The topological polar surface area (TPSA) is 61.4 Å². The van der Waals surface area contributed by atoms with E-state index in [2.05, 4.69) is 38.7 Å². The Balaban J connectivity index is 1.79. The van der Waals surface area contributed by atoms with Crippen LogP contribution in [0.25, 0.3) is 0 Å². The largest absolute Gasteiger partial charge is 0.508 e. The molecule has 2 aliphatic rings. The van der Waals surface area contributed by atoms with E-state index in [0.29, 0.717) is 11.4 Å². The average molecular weight is 462 g/mol. The molecule has 3 N–H and O–H groups in total. The van der Waals surface area contributed by atoms with Gasteiger partial charge in [-0.3, -0.25) is 4.79 Å². The lowest BCUT2D eigenvalue weighted by molar-refractivity contribution is -0.116. The summed E-state index contributed by atoms with van der Waals surface area (Å²) in [4.78, 5) is 12.2. The smallest absolute Gasteiger partial charge is 0.224 e. The van der Waals surface area contributed by atoms with Crippen LogP contribution < -0.4 is 10.6 Å². The number of fused-ring (bicyclic) bond motifs is 3. The third-order valence-corrected chi connectivity index (χ3v) is 6.35. The zero-order chi connectivity index (χ0) is 19.8. The van der Waals surface area contributed by atoms with Crippen molar-refractivity contribution in [3.63, 3.8) is 0 Å². The second-order valence-electron chi connectivity index (χ2n) is 7.36. The number of halogens is 2. The molecule has 0 aromatic heterocycles. The molecule has 0 fully saturated rings. The first-order chi connectivity index (χ1) is 13.5. The second-order valence-corrected chi connectivity index (χ2v) is 8.68. The number of hydrogen-bond donors (Lipinski definition) is 3. The first-order valence-electron chi connectivity index (χ1n) is 9.53. The second kappa shape index (κ2) is 7.80. The van der Waals surface area contributed by atoms with Crippen LogP contribution in [-0.4, -0.2) is 11.0 Å². The van der Waals surface area contributed by atoms with Gasteiger partial charge >= 0.3 is 0 Å². The number of anilines is 2. The summed E-state index contributed by atoms with van der Waals surface area (Å²) >= 11 is 10.1. The molecule has 2 aromatic carbocycles. The van der Waals surface area contributed by atoms with E-state index in [1.807, 2.05) is 31.2 Å². The van der Waals surface area contributed by atoms with Crippen molar-refractivity contribution in [3.8, 4) is 5.75 Å². The molecule has 0 spiro atoms. The molecule has 28 heavy (non-hydrogen) atoms. The molecule has 1 amide bonds. The summed E-state index contributed by atoms with van der Waals surface area (Å²) in [6.45, 7) is 1.99. The Labute approximate surface area is 178 Å². The summed E-state index contributed by atoms with van der Waals surface area (Å²) in [6, 6.07) is 9.10. The molecule has 4 rings (SSSR count). The number of phenols is 1. The van der Waals surface area contributed by atoms with Crippen LogP contribution in [0.1, 0.15) is 49.3 Å². The van der Waals surface area contributed by atoms with Gasteiger partial charge in [-0.15, -0.1) is 0 Å². The summed E-state index contributed by atoms with van der Waals surface area (Å²) in [5, 5.41) is 17.7. The first kappa shape index (κ1) is 19.3. The minimum absolute atomic E-state index is 0.0114. The SMILES string of the molecule is CCCC(=O)Nc1ccc(Cl)c2c1C1C=CCC1C(c1cc(Br)ccc1O)N2. The molecule has 0 bridgehead atoms. The van der Waals surface area contributed by atoms with Crippen LogP contribution in [0, 0.1) is 5.92 Å². The van der Waals surface area contributed by atoms with Crippen LogP contribution in [0.5, 0.6) is 5.75 Å². The Hall–Kier alpha value is -1.98. The van der Waals surface area contributed by atoms with Crippen molar-refractivity contribution in [1.82, 2.24) is 0 Å². The van der Waals surface area contributed by atoms with Crippen LogP contribution in [-0.2, 0) is 4.79 Å². The molecule has 3 unspecified atom stereocenters. The lowest BCUT2D eigenvalue weighted by atomic mass is 9.76. The molecule has 0 saturated carbocycles. The van der Waals surface area contributed by atoms with Crippen LogP contribution in [0.4, 0.5) is 11.4 Å². The highest BCUT2D eigenvalue weighted by Gasteiger charge is 2.41. The molecule has 1 aliphatic heterocycles. The fourth-order valence-electron chi connectivity index (χ4n) is 4.31. The van der Waals surface area contributed by atoms with Crippen molar-refractivity contribution in [3.05, 3.63) is 63.1 Å². The van der Waals surface area contributed by atoms with Crippen LogP contribution >= 0.6 is 27.5 Å². The quantitative estimate of drug-likeness (QED) is 0.463. The Morgan fingerprint density at radius 1 is 1.36 bits per heavy atom. The van der Waals surface area contributed by atoms with E-state index in [4.69, 9.17) is 11.6 Å². The standard InChI is InChI=1S/C22H22BrClN2O2/c1-2-4-19(28)25-17-9-8-16(24)22-20(17)13-5-3-6-14(13)21(26-22)15-11-12(23)7-10-18(15)27/h3,5,7-11,13-14,21,26-27H,2,4,6H2,1H3,(H,25,28). The Morgan fingerprint density at radius 2 is 2.18 bits per heavy atom. The predicted octanol–water partition coefficient (Wildman–Crippen LogP) is 6.37. The number of benzene rings is 2. The van der Waals surface area contributed by atoms with Gasteiger partial charge in [0.25, 0.3) is 0 Å². The van der Waals surface area contributed by atoms with Gasteiger partial charge in [-0.1, -0.05) is 46.6 Å². The number of aromatic hydroxyl groups is 1. The number of allylic oxidation sites excluding steroid dienone is 2. The maximum absolute atomic E-state index is 12.2. The lowest BCUT2D eigenvalue weighted by Crippen LogP contribution is -2.30.